The van der Waals surface area contributed by atoms with Crippen LogP contribution in [0.2, 0.25) is 0 Å². The summed E-state index contributed by atoms with van der Waals surface area (Å²) in [5, 5.41) is 3.96. The first-order valence-corrected chi connectivity index (χ1v) is 7.39. The zero-order valence-electron chi connectivity index (χ0n) is 12.1. The first-order chi connectivity index (χ1) is 11.1. The third-order valence-electron chi connectivity index (χ3n) is 4.31. The largest absolute Gasteiger partial charge is 0.345 e. The Balaban J connectivity index is 2.01. The quantitative estimate of drug-likeness (QED) is 0.726. The van der Waals surface area contributed by atoms with E-state index in [2.05, 4.69) is 5.32 Å². The molecule has 3 aromatic rings. The van der Waals surface area contributed by atoms with Crippen LogP contribution >= 0.6 is 0 Å². The number of amides is 1. The lowest BCUT2D eigenvalue weighted by Crippen LogP contribution is -2.36. The molecule has 0 saturated carbocycles. The molecule has 1 amide bonds. The Bertz CT molecular complexity index is 936. The van der Waals surface area contributed by atoms with Crippen LogP contribution in [0.1, 0.15) is 22.7 Å². The monoisotopic (exact) mass is 309 g/mol. The number of nitrogens with one attached hydrogen (secondary N) is 1. The fraction of sp³-hybridized carbons (Fsp3) is 0.105. The summed E-state index contributed by atoms with van der Waals surface area (Å²) in [5.41, 5.74) is 1.72. The molecule has 2 nitrogen and oxygen atoms in total. The standard InChI is InChI=1S/C19H13F2NO/c20-16-8-4-3-7-13(16)19-15-9-17(21)12-6-2-1-5-11(12)14(15)10-18(23)22-19/h1-9,19H,10H2,(H,22,23). The van der Waals surface area contributed by atoms with Gasteiger partial charge in [0.05, 0.1) is 12.5 Å². The number of hydrogen-bond acceptors (Lipinski definition) is 1. The van der Waals surface area contributed by atoms with Crippen molar-refractivity contribution >= 4 is 16.7 Å². The topological polar surface area (TPSA) is 29.1 Å². The second-order valence-electron chi connectivity index (χ2n) is 5.67. The highest BCUT2D eigenvalue weighted by Gasteiger charge is 2.29. The molecule has 0 fully saturated rings. The van der Waals surface area contributed by atoms with Crippen LogP contribution in [-0.2, 0) is 11.2 Å². The average Bonchev–Trinajstić information content (AvgIpc) is 2.56. The van der Waals surface area contributed by atoms with Gasteiger partial charge < -0.3 is 5.32 Å². The van der Waals surface area contributed by atoms with Crippen molar-refractivity contribution in [1.29, 1.82) is 0 Å². The summed E-state index contributed by atoms with van der Waals surface area (Å²) in [4.78, 5) is 12.1. The minimum absolute atomic E-state index is 0.168. The Kier molecular flexibility index (Phi) is 3.11. The second-order valence-corrected chi connectivity index (χ2v) is 5.67. The van der Waals surface area contributed by atoms with Crippen LogP contribution in [0.25, 0.3) is 10.8 Å². The lowest BCUT2D eigenvalue weighted by molar-refractivity contribution is -0.121. The van der Waals surface area contributed by atoms with Crippen LogP contribution in [0, 0.1) is 11.6 Å². The van der Waals surface area contributed by atoms with Gasteiger partial charge in [-0.3, -0.25) is 4.79 Å². The van der Waals surface area contributed by atoms with Gasteiger partial charge in [0, 0.05) is 10.9 Å². The molecule has 1 aliphatic rings. The van der Waals surface area contributed by atoms with Gasteiger partial charge in [-0.25, -0.2) is 8.78 Å². The first-order valence-electron chi connectivity index (χ1n) is 7.39. The Morgan fingerprint density at radius 2 is 1.57 bits per heavy atom. The van der Waals surface area contributed by atoms with Gasteiger partial charge in [0.15, 0.2) is 0 Å². The summed E-state index contributed by atoms with van der Waals surface area (Å²) in [6.45, 7) is 0. The number of benzene rings is 3. The highest BCUT2D eigenvalue weighted by Crippen LogP contribution is 2.35. The minimum atomic E-state index is -0.674. The third-order valence-corrected chi connectivity index (χ3v) is 4.31. The zero-order valence-corrected chi connectivity index (χ0v) is 12.1. The molecule has 0 bridgehead atoms. The molecule has 0 spiro atoms. The Labute approximate surface area is 131 Å². The molecule has 0 aromatic heterocycles. The van der Waals surface area contributed by atoms with Crippen molar-refractivity contribution in [3.63, 3.8) is 0 Å². The summed E-state index contributed by atoms with van der Waals surface area (Å²) < 4.78 is 28.6. The predicted octanol–water partition coefficient (Wildman–Crippen LogP) is 3.88. The second kappa shape index (κ2) is 5.16. The molecule has 1 heterocycles. The molecule has 3 aromatic carbocycles. The van der Waals surface area contributed by atoms with E-state index in [1.54, 1.807) is 36.4 Å². The summed E-state index contributed by atoms with van der Waals surface area (Å²) in [6, 6.07) is 14.0. The van der Waals surface area contributed by atoms with Crippen molar-refractivity contribution in [2.45, 2.75) is 12.5 Å². The summed E-state index contributed by atoms with van der Waals surface area (Å²) in [7, 11) is 0. The highest BCUT2D eigenvalue weighted by atomic mass is 19.1. The van der Waals surface area contributed by atoms with Crippen LogP contribution < -0.4 is 5.32 Å². The van der Waals surface area contributed by atoms with Crippen LogP contribution in [0.4, 0.5) is 8.78 Å². The van der Waals surface area contributed by atoms with Crippen LogP contribution in [0.15, 0.2) is 54.6 Å². The van der Waals surface area contributed by atoms with Crippen molar-refractivity contribution in [2.24, 2.45) is 0 Å². The molecule has 4 rings (SSSR count). The molecule has 0 saturated heterocycles. The van der Waals surface area contributed by atoms with Gasteiger partial charge in [-0.1, -0.05) is 42.5 Å². The smallest absolute Gasteiger partial charge is 0.225 e. The molecule has 4 heteroatoms. The Morgan fingerprint density at radius 1 is 0.870 bits per heavy atom. The molecule has 1 atom stereocenters. The number of carbonyl (C=O) groups excluding carboxylic acids is 1. The maximum absolute atomic E-state index is 14.5. The van der Waals surface area contributed by atoms with Gasteiger partial charge in [-0.05, 0) is 28.6 Å². The minimum Gasteiger partial charge on any atom is -0.345 e. The maximum atomic E-state index is 14.5. The lowest BCUT2D eigenvalue weighted by Gasteiger charge is -2.28. The van der Waals surface area contributed by atoms with Crippen molar-refractivity contribution in [1.82, 2.24) is 5.32 Å². The Morgan fingerprint density at radius 3 is 2.35 bits per heavy atom. The van der Waals surface area contributed by atoms with E-state index in [4.69, 9.17) is 0 Å². The molecule has 0 aliphatic carbocycles. The first kappa shape index (κ1) is 13.9. The van der Waals surface area contributed by atoms with E-state index in [9.17, 15) is 13.6 Å². The van der Waals surface area contributed by atoms with E-state index in [-0.39, 0.29) is 18.1 Å². The van der Waals surface area contributed by atoms with Gasteiger partial charge in [0.2, 0.25) is 5.91 Å². The third kappa shape index (κ3) is 2.18. The zero-order chi connectivity index (χ0) is 16.0. The number of hydrogen-bond donors (Lipinski definition) is 1. The average molecular weight is 309 g/mol. The SMILES string of the molecule is O=C1Cc2c(cc(F)c3ccccc23)C(c2ccccc2F)N1. The molecule has 1 aliphatic heterocycles. The van der Waals surface area contributed by atoms with E-state index in [0.29, 0.717) is 21.9 Å². The molecular formula is C19H13F2NO. The van der Waals surface area contributed by atoms with Gasteiger partial charge >= 0.3 is 0 Å². The number of halogens is 2. The van der Waals surface area contributed by atoms with Gasteiger partial charge in [-0.15, -0.1) is 0 Å². The molecule has 1 N–H and O–H groups in total. The van der Waals surface area contributed by atoms with E-state index in [1.165, 1.54) is 12.1 Å². The van der Waals surface area contributed by atoms with E-state index >= 15 is 0 Å². The molecule has 114 valence electrons. The molecule has 23 heavy (non-hydrogen) atoms. The molecular weight excluding hydrogens is 296 g/mol. The lowest BCUT2D eigenvalue weighted by atomic mass is 9.86. The molecule has 1 unspecified atom stereocenters. The van der Waals surface area contributed by atoms with E-state index in [1.807, 2.05) is 6.07 Å². The van der Waals surface area contributed by atoms with Crippen molar-refractivity contribution < 1.29 is 13.6 Å². The van der Waals surface area contributed by atoms with Gasteiger partial charge in [0.25, 0.3) is 0 Å². The number of carbonyl (C=O) groups is 1. The fourth-order valence-electron chi connectivity index (χ4n) is 3.27. The fourth-order valence-corrected chi connectivity index (χ4v) is 3.27. The van der Waals surface area contributed by atoms with Crippen LogP contribution in [-0.4, -0.2) is 5.91 Å². The number of fused-ring (bicyclic) bond motifs is 3. The van der Waals surface area contributed by atoms with E-state index in [0.717, 1.165) is 5.56 Å². The van der Waals surface area contributed by atoms with Gasteiger partial charge in [-0.2, -0.15) is 0 Å². The summed E-state index contributed by atoms with van der Waals surface area (Å²) >= 11 is 0. The predicted molar refractivity (Wildman–Crippen MR) is 84.0 cm³/mol. The summed E-state index contributed by atoms with van der Waals surface area (Å²) in [5.74, 6) is -0.974. The highest BCUT2D eigenvalue weighted by molar-refractivity contribution is 5.94. The maximum Gasteiger partial charge on any atom is 0.225 e. The van der Waals surface area contributed by atoms with Crippen LogP contribution in [0.5, 0.6) is 0 Å². The number of rotatable bonds is 1. The normalized spacial score (nSPS) is 17.0. The van der Waals surface area contributed by atoms with Crippen molar-refractivity contribution in [3.8, 4) is 0 Å². The van der Waals surface area contributed by atoms with Gasteiger partial charge in [0.1, 0.15) is 11.6 Å². The van der Waals surface area contributed by atoms with Crippen molar-refractivity contribution in [3.05, 3.63) is 82.9 Å². The molecule has 0 radical (unpaired) electrons. The summed E-state index contributed by atoms with van der Waals surface area (Å²) in [6.07, 6.45) is 0.168. The van der Waals surface area contributed by atoms with Crippen molar-refractivity contribution in [2.75, 3.05) is 0 Å². The Hall–Kier alpha value is -2.75. The van der Waals surface area contributed by atoms with Crippen LogP contribution in [0.3, 0.4) is 0 Å². The van der Waals surface area contributed by atoms with E-state index < -0.39 is 11.9 Å².